The lowest BCUT2D eigenvalue weighted by atomic mass is 10.2. The van der Waals surface area contributed by atoms with Crippen LogP contribution in [0.4, 0.5) is 18.9 Å². The van der Waals surface area contributed by atoms with Crippen molar-refractivity contribution in [2.45, 2.75) is 13.1 Å². The van der Waals surface area contributed by atoms with Crippen molar-refractivity contribution in [3.05, 3.63) is 40.7 Å². The molecule has 0 fully saturated rings. The molecule has 1 aromatic carbocycles. The van der Waals surface area contributed by atoms with Gasteiger partial charge in [0.15, 0.2) is 5.69 Å². The second kappa shape index (κ2) is 4.20. The number of rotatable bonds is 1. The standard InChI is InChI=1S/C11H9ClF3N3/c1-6-9(16)10(11(13,14)15)18(17-6)8-4-2-3-7(12)5-8/h2-5H,16H2,1H3. The summed E-state index contributed by atoms with van der Waals surface area (Å²) in [5, 5.41) is 4.13. The number of anilines is 1. The Kier molecular flexibility index (Phi) is 2.98. The quantitative estimate of drug-likeness (QED) is 0.866. The maximum atomic E-state index is 12.9. The molecular weight excluding hydrogens is 267 g/mol. The molecule has 0 saturated carbocycles. The second-order valence-corrected chi connectivity index (χ2v) is 4.17. The van der Waals surface area contributed by atoms with Crippen molar-refractivity contribution in [2.75, 3.05) is 5.73 Å². The summed E-state index contributed by atoms with van der Waals surface area (Å²) in [6, 6.07) is 5.98. The number of nitrogen functional groups attached to an aromatic ring is 1. The summed E-state index contributed by atoms with van der Waals surface area (Å²) >= 11 is 5.75. The molecule has 0 radical (unpaired) electrons. The lowest BCUT2D eigenvalue weighted by molar-refractivity contribution is -0.142. The monoisotopic (exact) mass is 275 g/mol. The molecule has 3 nitrogen and oxygen atoms in total. The van der Waals surface area contributed by atoms with Gasteiger partial charge < -0.3 is 5.73 Å². The maximum absolute atomic E-state index is 12.9. The van der Waals surface area contributed by atoms with E-state index >= 15 is 0 Å². The highest BCUT2D eigenvalue weighted by atomic mass is 35.5. The number of hydrogen-bond donors (Lipinski definition) is 1. The Hall–Kier alpha value is -1.69. The molecule has 0 unspecified atom stereocenters. The molecule has 0 aliphatic rings. The zero-order valence-electron chi connectivity index (χ0n) is 9.29. The van der Waals surface area contributed by atoms with Crippen LogP contribution in [0.3, 0.4) is 0 Å². The topological polar surface area (TPSA) is 43.8 Å². The predicted molar refractivity (Wildman–Crippen MR) is 62.7 cm³/mol. The Morgan fingerprint density at radius 1 is 1.33 bits per heavy atom. The first kappa shape index (κ1) is 12.8. The van der Waals surface area contributed by atoms with Crippen molar-refractivity contribution in [2.24, 2.45) is 0 Å². The molecule has 7 heteroatoms. The van der Waals surface area contributed by atoms with E-state index in [4.69, 9.17) is 17.3 Å². The molecule has 96 valence electrons. The lowest BCUT2D eigenvalue weighted by Gasteiger charge is -2.11. The highest BCUT2D eigenvalue weighted by Crippen LogP contribution is 2.36. The minimum atomic E-state index is -4.58. The van der Waals surface area contributed by atoms with Crippen molar-refractivity contribution in [1.82, 2.24) is 9.78 Å². The number of aromatic nitrogens is 2. The molecule has 0 saturated heterocycles. The molecule has 0 amide bonds. The van der Waals surface area contributed by atoms with E-state index in [1.54, 1.807) is 12.1 Å². The van der Waals surface area contributed by atoms with E-state index in [0.717, 1.165) is 4.68 Å². The Balaban J connectivity index is 2.69. The van der Waals surface area contributed by atoms with Crippen LogP contribution in [0.2, 0.25) is 5.02 Å². The summed E-state index contributed by atoms with van der Waals surface area (Å²) in [6.45, 7) is 1.42. The van der Waals surface area contributed by atoms with Gasteiger partial charge in [0, 0.05) is 5.02 Å². The van der Waals surface area contributed by atoms with Gasteiger partial charge >= 0.3 is 6.18 Å². The third-order valence-electron chi connectivity index (χ3n) is 2.43. The van der Waals surface area contributed by atoms with Gasteiger partial charge in [-0.05, 0) is 25.1 Å². The van der Waals surface area contributed by atoms with Crippen molar-refractivity contribution < 1.29 is 13.2 Å². The Labute approximate surface area is 106 Å². The molecule has 2 aromatic rings. The van der Waals surface area contributed by atoms with Gasteiger partial charge in [-0.3, -0.25) is 0 Å². The summed E-state index contributed by atoms with van der Waals surface area (Å²) in [5.41, 5.74) is 4.42. The Morgan fingerprint density at radius 2 is 2.00 bits per heavy atom. The molecule has 0 spiro atoms. The number of benzene rings is 1. The van der Waals surface area contributed by atoms with E-state index in [-0.39, 0.29) is 17.1 Å². The van der Waals surface area contributed by atoms with Gasteiger partial charge in [-0.25, -0.2) is 4.68 Å². The number of nitrogens with two attached hydrogens (primary N) is 1. The normalized spacial score (nSPS) is 11.8. The molecule has 18 heavy (non-hydrogen) atoms. The van der Waals surface area contributed by atoms with Crippen LogP contribution in [0.5, 0.6) is 0 Å². The van der Waals surface area contributed by atoms with E-state index in [1.807, 2.05) is 0 Å². The smallest absolute Gasteiger partial charge is 0.395 e. The van der Waals surface area contributed by atoms with Gasteiger partial charge in [-0.1, -0.05) is 17.7 Å². The first-order chi connectivity index (χ1) is 8.30. The van der Waals surface area contributed by atoms with Crippen LogP contribution in [0.1, 0.15) is 11.4 Å². The van der Waals surface area contributed by atoms with Crippen LogP contribution < -0.4 is 5.73 Å². The van der Waals surface area contributed by atoms with Crippen LogP contribution in [0.25, 0.3) is 5.69 Å². The fourth-order valence-corrected chi connectivity index (χ4v) is 1.79. The van der Waals surface area contributed by atoms with Gasteiger partial charge in [-0.2, -0.15) is 18.3 Å². The molecule has 1 heterocycles. The number of nitrogens with zero attached hydrogens (tertiary/aromatic N) is 2. The van der Waals surface area contributed by atoms with Crippen LogP contribution in [-0.2, 0) is 6.18 Å². The SMILES string of the molecule is Cc1nn(-c2cccc(Cl)c2)c(C(F)(F)F)c1N. The first-order valence-corrected chi connectivity index (χ1v) is 5.36. The molecule has 2 rings (SSSR count). The van der Waals surface area contributed by atoms with Crippen molar-refractivity contribution in [3.63, 3.8) is 0 Å². The van der Waals surface area contributed by atoms with Crippen molar-refractivity contribution in [1.29, 1.82) is 0 Å². The fraction of sp³-hybridized carbons (Fsp3) is 0.182. The Morgan fingerprint density at radius 3 is 2.56 bits per heavy atom. The number of hydrogen-bond acceptors (Lipinski definition) is 2. The number of aryl methyl sites for hydroxylation is 1. The largest absolute Gasteiger partial charge is 0.435 e. The third kappa shape index (κ3) is 2.15. The van der Waals surface area contributed by atoms with Gasteiger partial charge in [0.25, 0.3) is 0 Å². The minimum absolute atomic E-state index is 0.127. The maximum Gasteiger partial charge on any atom is 0.435 e. The van der Waals surface area contributed by atoms with E-state index in [9.17, 15) is 13.2 Å². The zero-order valence-corrected chi connectivity index (χ0v) is 10.0. The van der Waals surface area contributed by atoms with Crippen molar-refractivity contribution >= 4 is 17.3 Å². The summed E-state index contributed by atoms with van der Waals surface area (Å²) in [6.07, 6.45) is -4.58. The molecule has 2 N–H and O–H groups in total. The fourth-order valence-electron chi connectivity index (χ4n) is 1.61. The van der Waals surface area contributed by atoms with E-state index in [1.165, 1.54) is 19.1 Å². The number of alkyl halides is 3. The highest BCUT2D eigenvalue weighted by molar-refractivity contribution is 6.30. The molecular formula is C11H9ClF3N3. The molecule has 1 aromatic heterocycles. The summed E-state index contributed by atoms with van der Waals surface area (Å²) < 4.78 is 39.6. The zero-order chi connectivity index (χ0) is 13.5. The molecule has 0 aliphatic heterocycles. The molecule has 0 bridgehead atoms. The molecule has 0 atom stereocenters. The van der Waals surface area contributed by atoms with E-state index in [0.29, 0.717) is 5.02 Å². The van der Waals surface area contributed by atoms with Crippen molar-refractivity contribution in [3.8, 4) is 5.69 Å². The average Bonchev–Trinajstić information content (AvgIpc) is 2.55. The average molecular weight is 276 g/mol. The van der Waals surface area contributed by atoms with Gasteiger partial charge in [-0.15, -0.1) is 0 Å². The van der Waals surface area contributed by atoms with Crippen LogP contribution in [0, 0.1) is 6.92 Å². The predicted octanol–water partition coefficient (Wildman–Crippen LogP) is 3.44. The Bertz CT molecular complexity index is 590. The first-order valence-electron chi connectivity index (χ1n) is 4.99. The third-order valence-corrected chi connectivity index (χ3v) is 2.66. The lowest BCUT2D eigenvalue weighted by Crippen LogP contribution is -2.15. The summed E-state index contributed by atoms with van der Waals surface area (Å²) in [7, 11) is 0. The van der Waals surface area contributed by atoms with Gasteiger partial charge in [0.2, 0.25) is 0 Å². The van der Waals surface area contributed by atoms with E-state index in [2.05, 4.69) is 5.10 Å². The van der Waals surface area contributed by atoms with Gasteiger partial charge in [0.05, 0.1) is 17.1 Å². The van der Waals surface area contributed by atoms with Crippen LogP contribution >= 0.6 is 11.6 Å². The summed E-state index contributed by atoms with van der Waals surface area (Å²) in [5.74, 6) is 0. The molecule has 0 aliphatic carbocycles. The van der Waals surface area contributed by atoms with E-state index < -0.39 is 11.9 Å². The van der Waals surface area contributed by atoms with Crippen LogP contribution in [0.15, 0.2) is 24.3 Å². The minimum Gasteiger partial charge on any atom is -0.395 e. The highest BCUT2D eigenvalue weighted by Gasteiger charge is 2.39. The van der Waals surface area contributed by atoms with Crippen LogP contribution in [-0.4, -0.2) is 9.78 Å². The second-order valence-electron chi connectivity index (χ2n) is 3.74. The summed E-state index contributed by atoms with van der Waals surface area (Å²) in [4.78, 5) is 0. The number of halogens is 4. The van der Waals surface area contributed by atoms with Gasteiger partial charge in [0.1, 0.15) is 0 Å².